The normalized spacial score (nSPS) is 25.7. The summed E-state index contributed by atoms with van der Waals surface area (Å²) in [4.78, 5) is 0. The van der Waals surface area contributed by atoms with Gasteiger partial charge < -0.3 is 15.2 Å². The number of aliphatic hydroxyl groups is 1. The Labute approximate surface area is 126 Å². The van der Waals surface area contributed by atoms with Crippen LogP contribution in [0.15, 0.2) is 24.3 Å². The van der Waals surface area contributed by atoms with Crippen LogP contribution in [0.5, 0.6) is 5.75 Å². The molecule has 0 bridgehead atoms. The molecule has 0 aliphatic carbocycles. The van der Waals surface area contributed by atoms with Gasteiger partial charge in [0.25, 0.3) is 0 Å². The third-order valence-electron chi connectivity index (χ3n) is 3.64. The van der Waals surface area contributed by atoms with E-state index in [2.05, 4.69) is 19.2 Å². The first-order chi connectivity index (χ1) is 9.91. The second-order valence-corrected chi connectivity index (χ2v) is 7.70. The van der Waals surface area contributed by atoms with E-state index in [1.807, 2.05) is 24.3 Å². The van der Waals surface area contributed by atoms with E-state index in [1.54, 1.807) is 0 Å². The van der Waals surface area contributed by atoms with Gasteiger partial charge in [-0.1, -0.05) is 19.1 Å². The molecule has 1 aliphatic heterocycles. The summed E-state index contributed by atoms with van der Waals surface area (Å²) in [7, 11) is -3.18. The molecule has 2 rings (SSSR count). The number of rotatable bonds is 6. The Balaban J connectivity index is 1.97. The van der Waals surface area contributed by atoms with E-state index in [9.17, 15) is 13.5 Å². The van der Waals surface area contributed by atoms with Crippen molar-refractivity contribution in [3.8, 4) is 5.75 Å². The highest BCUT2D eigenvalue weighted by Gasteiger charge is 2.38. The van der Waals surface area contributed by atoms with Gasteiger partial charge in [-0.25, -0.2) is 8.42 Å². The van der Waals surface area contributed by atoms with Crippen LogP contribution in [-0.4, -0.2) is 43.8 Å². The minimum Gasteiger partial charge on any atom is -0.487 e. The van der Waals surface area contributed by atoms with Gasteiger partial charge in [-0.2, -0.15) is 0 Å². The lowest BCUT2D eigenvalue weighted by Crippen LogP contribution is -2.29. The molecule has 3 atom stereocenters. The molecule has 118 valence electrons. The Hall–Kier alpha value is -1.11. The Morgan fingerprint density at radius 3 is 2.52 bits per heavy atom. The van der Waals surface area contributed by atoms with Crippen LogP contribution in [0.3, 0.4) is 0 Å². The van der Waals surface area contributed by atoms with Crippen molar-refractivity contribution in [2.75, 3.05) is 18.1 Å². The fourth-order valence-electron chi connectivity index (χ4n) is 2.40. The molecule has 2 N–H and O–H groups in total. The highest BCUT2D eigenvalue weighted by atomic mass is 32.2. The Kier molecular flexibility index (Phi) is 5.24. The molecule has 0 spiro atoms. The molecule has 1 saturated heterocycles. The van der Waals surface area contributed by atoms with Gasteiger partial charge >= 0.3 is 0 Å². The maximum atomic E-state index is 11.4. The van der Waals surface area contributed by atoms with E-state index >= 15 is 0 Å². The van der Waals surface area contributed by atoms with E-state index in [0.717, 1.165) is 18.5 Å². The van der Waals surface area contributed by atoms with Gasteiger partial charge in [0.2, 0.25) is 0 Å². The molecule has 5 nitrogen and oxygen atoms in total. The van der Waals surface area contributed by atoms with Gasteiger partial charge in [-0.15, -0.1) is 0 Å². The fraction of sp³-hybridized carbons (Fsp3) is 0.600. The summed E-state index contributed by atoms with van der Waals surface area (Å²) >= 11 is 0. The topological polar surface area (TPSA) is 75.6 Å². The summed E-state index contributed by atoms with van der Waals surface area (Å²) in [6.45, 7) is 5.18. The van der Waals surface area contributed by atoms with Crippen LogP contribution in [0, 0.1) is 0 Å². The molecular weight excluding hydrogens is 290 g/mol. The fourth-order valence-corrected chi connectivity index (χ4v) is 4.06. The number of aliphatic hydroxyl groups excluding tert-OH is 1. The summed E-state index contributed by atoms with van der Waals surface area (Å²) in [5, 5.41) is 13.1. The highest BCUT2D eigenvalue weighted by molar-refractivity contribution is 7.91. The highest BCUT2D eigenvalue weighted by Crippen LogP contribution is 2.22. The van der Waals surface area contributed by atoms with Crippen molar-refractivity contribution in [1.29, 1.82) is 0 Å². The third kappa shape index (κ3) is 4.43. The van der Waals surface area contributed by atoms with Gasteiger partial charge in [0.1, 0.15) is 18.0 Å². The van der Waals surface area contributed by atoms with Crippen molar-refractivity contribution in [2.45, 2.75) is 38.5 Å². The second-order valence-electron chi connectivity index (χ2n) is 5.55. The molecule has 1 aliphatic rings. The molecule has 1 aromatic rings. The van der Waals surface area contributed by atoms with Gasteiger partial charge in [0.15, 0.2) is 9.84 Å². The molecule has 0 radical (unpaired) electrons. The summed E-state index contributed by atoms with van der Waals surface area (Å²) < 4.78 is 28.5. The summed E-state index contributed by atoms with van der Waals surface area (Å²) in [5.41, 5.74) is 1.15. The Morgan fingerprint density at radius 1 is 1.33 bits per heavy atom. The van der Waals surface area contributed by atoms with Crippen LogP contribution < -0.4 is 10.1 Å². The van der Waals surface area contributed by atoms with Crippen LogP contribution in [-0.2, 0) is 9.84 Å². The van der Waals surface area contributed by atoms with Gasteiger partial charge in [0, 0.05) is 6.04 Å². The van der Waals surface area contributed by atoms with Crippen LogP contribution in [0.4, 0.5) is 0 Å². The van der Waals surface area contributed by atoms with Crippen LogP contribution in [0.2, 0.25) is 0 Å². The second kappa shape index (κ2) is 6.77. The maximum Gasteiger partial charge on any atom is 0.156 e. The minimum absolute atomic E-state index is 0.121. The predicted molar refractivity (Wildman–Crippen MR) is 82.2 cm³/mol. The van der Waals surface area contributed by atoms with Crippen molar-refractivity contribution in [1.82, 2.24) is 5.32 Å². The molecule has 1 heterocycles. The Bertz CT molecular complexity index is 556. The standard InChI is InChI=1S/C15H23NO4S/c1-3-8-16-11(2)12-4-6-13(7-5-12)20-15-10-21(18,19)9-14(15)17/h4-7,11,14-17H,3,8-10H2,1-2H3. The number of hydrogen-bond donors (Lipinski definition) is 2. The summed E-state index contributed by atoms with van der Waals surface area (Å²) in [6.07, 6.45) is -0.532. The molecular formula is C15H23NO4S. The average molecular weight is 313 g/mol. The average Bonchev–Trinajstić information content (AvgIpc) is 2.69. The molecule has 1 aromatic carbocycles. The first-order valence-corrected chi connectivity index (χ1v) is 9.12. The zero-order chi connectivity index (χ0) is 15.5. The molecule has 1 fully saturated rings. The maximum absolute atomic E-state index is 11.4. The molecule has 6 heteroatoms. The van der Waals surface area contributed by atoms with Crippen molar-refractivity contribution in [3.05, 3.63) is 29.8 Å². The van der Waals surface area contributed by atoms with Gasteiger partial charge in [-0.05, 0) is 37.6 Å². The monoisotopic (exact) mass is 313 g/mol. The first-order valence-electron chi connectivity index (χ1n) is 7.30. The molecule has 21 heavy (non-hydrogen) atoms. The van der Waals surface area contributed by atoms with E-state index < -0.39 is 22.0 Å². The zero-order valence-corrected chi connectivity index (χ0v) is 13.3. The van der Waals surface area contributed by atoms with E-state index in [0.29, 0.717) is 5.75 Å². The van der Waals surface area contributed by atoms with Crippen molar-refractivity contribution in [2.24, 2.45) is 0 Å². The number of ether oxygens (including phenoxy) is 1. The van der Waals surface area contributed by atoms with E-state index in [-0.39, 0.29) is 17.5 Å². The number of benzene rings is 1. The lowest BCUT2D eigenvalue weighted by atomic mass is 10.1. The largest absolute Gasteiger partial charge is 0.487 e. The van der Waals surface area contributed by atoms with Crippen molar-refractivity contribution in [3.63, 3.8) is 0 Å². The quantitative estimate of drug-likeness (QED) is 0.827. The van der Waals surface area contributed by atoms with Crippen LogP contribution in [0.25, 0.3) is 0 Å². The molecule has 0 saturated carbocycles. The van der Waals surface area contributed by atoms with E-state index in [1.165, 1.54) is 0 Å². The van der Waals surface area contributed by atoms with Gasteiger partial charge in [-0.3, -0.25) is 0 Å². The lowest BCUT2D eigenvalue weighted by Gasteiger charge is -2.17. The zero-order valence-electron chi connectivity index (χ0n) is 12.5. The molecule has 0 aromatic heterocycles. The van der Waals surface area contributed by atoms with Crippen molar-refractivity contribution < 1.29 is 18.3 Å². The summed E-state index contributed by atoms with van der Waals surface area (Å²) in [6, 6.07) is 7.81. The predicted octanol–water partition coefficient (Wildman–Crippen LogP) is 1.28. The third-order valence-corrected chi connectivity index (χ3v) is 5.33. The minimum atomic E-state index is -3.18. The SMILES string of the molecule is CCCNC(C)c1ccc(OC2CS(=O)(=O)CC2O)cc1. The lowest BCUT2D eigenvalue weighted by molar-refractivity contribution is 0.0738. The number of hydrogen-bond acceptors (Lipinski definition) is 5. The van der Waals surface area contributed by atoms with Crippen molar-refractivity contribution >= 4 is 9.84 Å². The Morgan fingerprint density at radius 2 is 2.00 bits per heavy atom. The van der Waals surface area contributed by atoms with Crippen LogP contribution in [0.1, 0.15) is 31.9 Å². The number of sulfone groups is 1. The van der Waals surface area contributed by atoms with Gasteiger partial charge in [0.05, 0.1) is 11.5 Å². The molecule has 3 unspecified atom stereocenters. The van der Waals surface area contributed by atoms with E-state index in [4.69, 9.17) is 4.74 Å². The summed E-state index contributed by atoms with van der Waals surface area (Å²) in [5.74, 6) is 0.251. The molecule has 0 amide bonds. The first kappa shape index (κ1) is 16.3. The smallest absolute Gasteiger partial charge is 0.156 e. The number of nitrogens with one attached hydrogen (secondary N) is 1. The van der Waals surface area contributed by atoms with Crippen LogP contribution >= 0.6 is 0 Å².